The van der Waals surface area contributed by atoms with Crippen LogP contribution in [0.4, 0.5) is 0 Å². The Labute approximate surface area is 92.5 Å². The van der Waals surface area contributed by atoms with Gasteiger partial charge in [0.05, 0.1) is 0 Å². The average molecular weight is 213 g/mol. The van der Waals surface area contributed by atoms with E-state index in [0.717, 1.165) is 38.8 Å². The first-order valence-electron chi connectivity index (χ1n) is 6.12. The molecule has 0 saturated heterocycles. The second-order valence-corrected chi connectivity index (χ2v) is 4.41. The highest BCUT2D eigenvalue weighted by atomic mass is 16.3. The smallest absolute Gasteiger partial charge is 0.225 e. The molecule has 88 valence electrons. The molecule has 3 nitrogen and oxygen atoms in total. The molecule has 3 heteroatoms. The maximum atomic E-state index is 12.0. The second-order valence-electron chi connectivity index (χ2n) is 4.41. The number of carbonyl (C=O) groups excluding carboxylic acids is 1. The highest BCUT2D eigenvalue weighted by Gasteiger charge is 2.27. The summed E-state index contributed by atoms with van der Waals surface area (Å²) in [5.74, 6) is 0.967. The predicted octanol–water partition coefficient (Wildman–Crippen LogP) is 1.65. The van der Waals surface area contributed by atoms with Crippen molar-refractivity contribution in [2.75, 3.05) is 19.7 Å². The van der Waals surface area contributed by atoms with Crippen LogP contribution in [0.15, 0.2) is 0 Å². The van der Waals surface area contributed by atoms with E-state index in [-0.39, 0.29) is 12.5 Å². The lowest BCUT2D eigenvalue weighted by atomic mass is 9.82. The van der Waals surface area contributed by atoms with E-state index in [1.807, 2.05) is 18.7 Å². The Balaban J connectivity index is 2.42. The minimum Gasteiger partial charge on any atom is -0.396 e. The number of amides is 1. The number of nitrogens with zero attached hydrogens (tertiary/aromatic N) is 1. The molecule has 1 fully saturated rings. The van der Waals surface area contributed by atoms with Crippen LogP contribution in [0, 0.1) is 11.8 Å². The normalized spacial score (nSPS) is 26.3. The quantitative estimate of drug-likeness (QED) is 0.771. The van der Waals surface area contributed by atoms with Crippen molar-refractivity contribution in [3.63, 3.8) is 0 Å². The number of aliphatic hydroxyl groups is 1. The SMILES string of the molecule is CCN(CC)C(=O)C1CCC(CO)CC1. The minimum atomic E-state index is 0.215. The van der Waals surface area contributed by atoms with Crippen LogP contribution in [0.1, 0.15) is 39.5 Å². The molecular weight excluding hydrogens is 190 g/mol. The molecule has 0 aromatic heterocycles. The van der Waals surface area contributed by atoms with Gasteiger partial charge in [0.2, 0.25) is 5.91 Å². The van der Waals surface area contributed by atoms with Gasteiger partial charge in [-0.15, -0.1) is 0 Å². The zero-order valence-electron chi connectivity index (χ0n) is 9.91. The van der Waals surface area contributed by atoms with Crippen molar-refractivity contribution in [2.45, 2.75) is 39.5 Å². The first-order valence-corrected chi connectivity index (χ1v) is 6.12. The van der Waals surface area contributed by atoms with E-state index in [4.69, 9.17) is 5.11 Å². The van der Waals surface area contributed by atoms with Gasteiger partial charge in [-0.3, -0.25) is 4.79 Å². The summed E-state index contributed by atoms with van der Waals surface area (Å²) in [4.78, 5) is 13.9. The number of rotatable bonds is 4. The van der Waals surface area contributed by atoms with E-state index in [9.17, 15) is 4.79 Å². The lowest BCUT2D eigenvalue weighted by Crippen LogP contribution is -2.37. The van der Waals surface area contributed by atoms with Crippen LogP contribution in [0.3, 0.4) is 0 Å². The Morgan fingerprint density at radius 1 is 1.20 bits per heavy atom. The number of hydrogen-bond acceptors (Lipinski definition) is 2. The first kappa shape index (κ1) is 12.5. The summed E-state index contributed by atoms with van der Waals surface area (Å²) in [7, 11) is 0. The molecule has 0 aromatic rings. The Morgan fingerprint density at radius 2 is 1.73 bits per heavy atom. The van der Waals surface area contributed by atoms with E-state index >= 15 is 0 Å². The van der Waals surface area contributed by atoms with Crippen LogP contribution in [0.2, 0.25) is 0 Å². The molecule has 15 heavy (non-hydrogen) atoms. The van der Waals surface area contributed by atoms with E-state index < -0.39 is 0 Å². The van der Waals surface area contributed by atoms with Gasteiger partial charge in [-0.2, -0.15) is 0 Å². The van der Waals surface area contributed by atoms with Gasteiger partial charge in [-0.1, -0.05) is 0 Å². The van der Waals surface area contributed by atoms with Crippen molar-refractivity contribution < 1.29 is 9.90 Å². The highest BCUT2D eigenvalue weighted by molar-refractivity contribution is 5.78. The molecule has 0 heterocycles. The molecule has 0 aromatic carbocycles. The van der Waals surface area contributed by atoms with Gasteiger partial charge in [-0.25, -0.2) is 0 Å². The van der Waals surface area contributed by atoms with Crippen LogP contribution in [0.25, 0.3) is 0 Å². The third kappa shape index (κ3) is 3.20. The molecule has 1 N–H and O–H groups in total. The predicted molar refractivity (Wildman–Crippen MR) is 60.5 cm³/mol. The second kappa shape index (κ2) is 6.11. The van der Waals surface area contributed by atoms with Gasteiger partial charge in [0.15, 0.2) is 0 Å². The molecule has 1 aliphatic carbocycles. The van der Waals surface area contributed by atoms with Crippen molar-refractivity contribution in [3.05, 3.63) is 0 Å². The number of carbonyl (C=O) groups is 1. The monoisotopic (exact) mass is 213 g/mol. The van der Waals surface area contributed by atoms with Crippen LogP contribution >= 0.6 is 0 Å². The lowest BCUT2D eigenvalue weighted by Gasteiger charge is -2.30. The molecule has 0 spiro atoms. The van der Waals surface area contributed by atoms with Crippen LogP contribution in [-0.2, 0) is 4.79 Å². The maximum absolute atomic E-state index is 12.0. The molecule has 0 aliphatic heterocycles. The van der Waals surface area contributed by atoms with Gasteiger partial charge < -0.3 is 10.0 Å². The highest BCUT2D eigenvalue weighted by Crippen LogP contribution is 2.29. The van der Waals surface area contributed by atoms with E-state index in [1.54, 1.807) is 0 Å². The van der Waals surface area contributed by atoms with E-state index in [0.29, 0.717) is 11.8 Å². The third-order valence-electron chi connectivity index (χ3n) is 3.53. The summed E-state index contributed by atoms with van der Waals surface area (Å²) < 4.78 is 0. The Kier molecular flexibility index (Phi) is 5.09. The summed E-state index contributed by atoms with van der Waals surface area (Å²) in [6.07, 6.45) is 3.93. The summed E-state index contributed by atoms with van der Waals surface area (Å²) in [6.45, 7) is 5.97. The molecule has 1 amide bonds. The zero-order valence-corrected chi connectivity index (χ0v) is 9.91. The van der Waals surface area contributed by atoms with E-state index in [2.05, 4.69) is 0 Å². The maximum Gasteiger partial charge on any atom is 0.225 e. The molecule has 1 rings (SSSR count). The molecule has 0 unspecified atom stereocenters. The fourth-order valence-corrected chi connectivity index (χ4v) is 2.39. The van der Waals surface area contributed by atoms with Gasteiger partial charge in [0, 0.05) is 25.6 Å². The Morgan fingerprint density at radius 3 is 2.13 bits per heavy atom. The van der Waals surface area contributed by atoms with Gasteiger partial charge in [0.1, 0.15) is 0 Å². The molecule has 0 radical (unpaired) electrons. The fraction of sp³-hybridized carbons (Fsp3) is 0.917. The molecule has 0 bridgehead atoms. The topological polar surface area (TPSA) is 40.5 Å². The van der Waals surface area contributed by atoms with Crippen LogP contribution < -0.4 is 0 Å². The third-order valence-corrected chi connectivity index (χ3v) is 3.53. The zero-order chi connectivity index (χ0) is 11.3. The standard InChI is InChI=1S/C12H23NO2/c1-3-13(4-2)12(15)11-7-5-10(9-14)6-8-11/h10-11,14H,3-9H2,1-2H3. The van der Waals surface area contributed by atoms with Crippen molar-refractivity contribution >= 4 is 5.91 Å². The van der Waals surface area contributed by atoms with Crippen molar-refractivity contribution in [2.24, 2.45) is 11.8 Å². The summed E-state index contributed by atoms with van der Waals surface area (Å²) in [5.41, 5.74) is 0. The van der Waals surface area contributed by atoms with Crippen molar-refractivity contribution in [1.82, 2.24) is 4.90 Å². The molecule has 0 atom stereocenters. The van der Waals surface area contributed by atoms with Crippen molar-refractivity contribution in [1.29, 1.82) is 0 Å². The van der Waals surface area contributed by atoms with E-state index in [1.165, 1.54) is 0 Å². The molecule has 1 saturated carbocycles. The fourth-order valence-electron chi connectivity index (χ4n) is 2.39. The first-order chi connectivity index (χ1) is 7.22. The molecular formula is C12H23NO2. The number of aliphatic hydroxyl groups excluding tert-OH is 1. The summed E-state index contributed by atoms with van der Waals surface area (Å²) in [5, 5.41) is 9.02. The summed E-state index contributed by atoms with van der Waals surface area (Å²) >= 11 is 0. The Bertz CT molecular complexity index is 194. The van der Waals surface area contributed by atoms with Gasteiger partial charge in [-0.05, 0) is 45.4 Å². The minimum absolute atomic E-state index is 0.215. The van der Waals surface area contributed by atoms with Crippen LogP contribution in [-0.4, -0.2) is 35.6 Å². The number of hydrogen-bond donors (Lipinski definition) is 1. The summed E-state index contributed by atoms with van der Waals surface area (Å²) in [6, 6.07) is 0. The average Bonchev–Trinajstić information content (AvgIpc) is 2.30. The van der Waals surface area contributed by atoms with Gasteiger partial charge >= 0.3 is 0 Å². The Hall–Kier alpha value is -0.570. The van der Waals surface area contributed by atoms with Crippen molar-refractivity contribution in [3.8, 4) is 0 Å². The van der Waals surface area contributed by atoms with Gasteiger partial charge in [0.25, 0.3) is 0 Å². The lowest BCUT2D eigenvalue weighted by molar-refractivity contribution is -0.136. The largest absolute Gasteiger partial charge is 0.396 e. The van der Waals surface area contributed by atoms with Crippen LogP contribution in [0.5, 0.6) is 0 Å². The molecule has 1 aliphatic rings.